The highest BCUT2D eigenvalue weighted by Crippen LogP contribution is 2.21. The maximum absolute atomic E-state index is 11.6. The van der Waals surface area contributed by atoms with Gasteiger partial charge in [0.2, 0.25) is 5.91 Å². The minimum absolute atomic E-state index is 0.0333. The highest BCUT2D eigenvalue weighted by molar-refractivity contribution is 7.09. The summed E-state index contributed by atoms with van der Waals surface area (Å²) < 4.78 is 1.30. The van der Waals surface area contributed by atoms with Crippen LogP contribution in [0.3, 0.4) is 0 Å². The van der Waals surface area contributed by atoms with E-state index in [0.29, 0.717) is 6.54 Å². The molecule has 0 unspecified atom stereocenters. The molecule has 0 saturated heterocycles. The Balaban J connectivity index is 1.81. The number of aromatic nitrogens is 2. The minimum Gasteiger partial charge on any atom is -0.358 e. The van der Waals surface area contributed by atoms with Crippen molar-refractivity contribution < 1.29 is 9.72 Å². The van der Waals surface area contributed by atoms with E-state index in [2.05, 4.69) is 10.4 Å². The highest BCUT2D eigenvalue weighted by Gasteiger charge is 2.19. The second-order valence-corrected chi connectivity index (χ2v) is 5.37. The van der Waals surface area contributed by atoms with Gasteiger partial charge in [-0.3, -0.25) is 4.79 Å². The Bertz CT molecular complexity index is 611. The first-order chi connectivity index (χ1) is 9.56. The molecule has 0 bridgehead atoms. The van der Waals surface area contributed by atoms with Gasteiger partial charge in [-0.15, -0.1) is 11.3 Å². The summed E-state index contributed by atoms with van der Waals surface area (Å²) in [5, 5.41) is 18.9. The Hall–Kier alpha value is -1.93. The van der Waals surface area contributed by atoms with Gasteiger partial charge >= 0.3 is 5.82 Å². The molecule has 2 heterocycles. The summed E-state index contributed by atoms with van der Waals surface area (Å²) in [6, 6.07) is 3.85. The second kappa shape index (κ2) is 6.49. The average molecular weight is 315 g/mol. The molecule has 0 radical (unpaired) electrons. The van der Waals surface area contributed by atoms with E-state index in [4.69, 9.17) is 11.6 Å². The molecule has 0 aliphatic heterocycles. The Morgan fingerprint density at radius 3 is 3.00 bits per heavy atom. The van der Waals surface area contributed by atoms with Gasteiger partial charge in [0, 0.05) is 11.3 Å². The molecule has 106 valence electrons. The Kier molecular flexibility index (Phi) is 4.70. The van der Waals surface area contributed by atoms with Gasteiger partial charge in [0.05, 0.1) is 24.4 Å². The van der Waals surface area contributed by atoms with Crippen LogP contribution in [0.2, 0.25) is 5.02 Å². The zero-order chi connectivity index (χ0) is 14.5. The number of nitrogens with zero attached hydrogens (tertiary/aromatic N) is 3. The predicted molar refractivity (Wildman–Crippen MR) is 74.7 cm³/mol. The molecule has 0 aromatic carbocycles. The zero-order valence-corrected chi connectivity index (χ0v) is 11.9. The van der Waals surface area contributed by atoms with Gasteiger partial charge in [0.1, 0.15) is 0 Å². The van der Waals surface area contributed by atoms with E-state index in [0.717, 1.165) is 4.88 Å². The van der Waals surface area contributed by atoms with Gasteiger partial charge in [-0.2, -0.15) is 4.68 Å². The molecule has 0 aliphatic carbocycles. The molecule has 0 atom stereocenters. The molecule has 20 heavy (non-hydrogen) atoms. The van der Waals surface area contributed by atoms with Gasteiger partial charge in [-0.1, -0.05) is 17.7 Å². The lowest BCUT2D eigenvalue weighted by atomic mass is 10.4. The topological polar surface area (TPSA) is 90.1 Å². The second-order valence-electron chi connectivity index (χ2n) is 3.93. The van der Waals surface area contributed by atoms with Gasteiger partial charge in [-0.25, -0.2) is 0 Å². The quantitative estimate of drug-likeness (QED) is 0.654. The fraction of sp³-hybridized carbons (Fsp3) is 0.273. The SMILES string of the molecule is O=C(CCn1cc(Cl)c([N+](=O)[O-])n1)NCc1cccs1. The lowest BCUT2D eigenvalue weighted by molar-refractivity contribution is -0.389. The highest BCUT2D eigenvalue weighted by atomic mass is 35.5. The molecule has 2 aromatic rings. The molecular weight excluding hydrogens is 304 g/mol. The maximum atomic E-state index is 11.6. The van der Waals surface area contributed by atoms with Crippen molar-refractivity contribution in [3.63, 3.8) is 0 Å². The van der Waals surface area contributed by atoms with Gasteiger partial charge < -0.3 is 15.4 Å². The van der Waals surface area contributed by atoms with Crippen LogP contribution in [0.5, 0.6) is 0 Å². The first-order valence-electron chi connectivity index (χ1n) is 5.72. The number of nitrogens with one attached hydrogen (secondary N) is 1. The number of aryl methyl sites for hydroxylation is 1. The van der Waals surface area contributed by atoms with Crippen LogP contribution in [0.1, 0.15) is 11.3 Å². The third-order valence-corrected chi connectivity index (χ3v) is 3.62. The summed E-state index contributed by atoms with van der Waals surface area (Å²) in [6.07, 6.45) is 1.52. The van der Waals surface area contributed by atoms with Crippen LogP contribution in [0.25, 0.3) is 0 Å². The molecule has 0 aliphatic rings. The molecule has 9 heteroatoms. The van der Waals surface area contributed by atoms with E-state index >= 15 is 0 Å². The van der Waals surface area contributed by atoms with Gasteiger partial charge in [-0.05, 0) is 16.4 Å². The summed E-state index contributed by atoms with van der Waals surface area (Å²) in [6.45, 7) is 0.723. The predicted octanol–water partition coefficient (Wildman–Crippen LogP) is 2.21. The zero-order valence-electron chi connectivity index (χ0n) is 10.3. The number of nitro groups is 1. The number of hydrogen-bond donors (Lipinski definition) is 1. The standard InChI is InChI=1S/C11H11ClN4O3S/c12-9-7-15(14-11(9)16(18)19)4-3-10(17)13-6-8-2-1-5-20-8/h1-2,5,7H,3-4,6H2,(H,13,17). The molecule has 0 fully saturated rings. The fourth-order valence-corrected chi connectivity index (χ4v) is 2.39. The van der Waals surface area contributed by atoms with E-state index in [9.17, 15) is 14.9 Å². The van der Waals surface area contributed by atoms with Crippen molar-refractivity contribution in [2.45, 2.75) is 19.5 Å². The molecule has 0 saturated carbocycles. The lowest BCUT2D eigenvalue weighted by Crippen LogP contribution is -2.23. The van der Waals surface area contributed by atoms with Crippen molar-refractivity contribution >= 4 is 34.7 Å². The summed E-state index contributed by atoms with van der Waals surface area (Å²) in [5.74, 6) is -0.543. The Morgan fingerprint density at radius 2 is 2.40 bits per heavy atom. The van der Waals surface area contributed by atoms with Crippen molar-refractivity contribution in [1.29, 1.82) is 0 Å². The third-order valence-electron chi connectivity index (χ3n) is 2.48. The van der Waals surface area contributed by atoms with Gasteiger partial charge in [0.15, 0.2) is 5.02 Å². The van der Waals surface area contributed by atoms with E-state index in [1.54, 1.807) is 11.3 Å². The molecular formula is C11H11ClN4O3S. The number of carbonyl (C=O) groups is 1. The number of halogens is 1. The van der Waals surface area contributed by atoms with Crippen molar-refractivity contribution in [2.75, 3.05) is 0 Å². The number of carbonyl (C=O) groups excluding carboxylic acids is 1. The van der Waals surface area contributed by atoms with E-state index in [-0.39, 0.29) is 23.9 Å². The molecule has 2 aromatic heterocycles. The molecule has 7 nitrogen and oxygen atoms in total. The maximum Gasteiger partial charge on any atom is 0.408 e. The van der Waals surface area contributed by atoms with Crippen LogP contribution in [0, 0.1) is 10.1 Å². The van der Waals surface area contributed by atoms with Crippen LogP contribution in [0.4, 0.5) is 5.82 Å². The smallest absolute Gasteiger partial charge is 0.358 e. The van der Waals surface area contributed by atoms with Crippen molar-refractivity contribution in [1.82, 2.24) is 15.1 Å². The summed E-state index contributed by atoms with van der Waals surface area (Å²) in [4.78, 5) is 22.6. The number of hydrogen-bond acceptors (Lipinski definition) is 5. The monoisotopic (exact) mass is 314 g/mol. The Labute approximate surface area is 123 Å². The van der Waals surface area contributed by atoms with Crippen LogP contribution in [-0.4, -0.2) is 20.6 Å². The van der Waals surface area contributed by atoms with Crippen LogP contribution in [-0.2, 0) is 17.9 Å². The van der Waals surface area contributed by atoms with Gasteiger partial charge in [0.25, 0.3) is 0 Å². The van der Waals surface area contributed by atoms with E-state index in [1.807, 2.05) is 17.5 Å². The largest absolute Gasteiger partial charge is 0.408 e. The molecule has 2 rings (SSSR count). The Morgan fingerprint density at radius 1 is 1.60 bits per heavy atom. The van der Waals surface area contributed by atoms with Crippen LogP contribution < -0.4 is 5.32 Å². The first kappa shape index (κ1) is 14.5. The molecule has 1 amide bonds. The van der Waals surface area contributed by atoms with Crippen LogP contribution in [0.15, 0.2) is 23.7 Å². The van der Waals surface area contributed by atoms with Crippen LogP contribution >= 0.6 is 22.9 Å². The number of amides is 1. The average Bonchev–Trinajstić information content (AvgIpc) is 3.03. The fourth-order valence-electron chi connectivity index (χ4n) is 1.53. The normalized spacial score (nSPS) is 10.4. The third kappa shape index (κ3) is 3.78. The molecule has 1 N–H and O–H groups in total. The number of thiophene rings is 1. The van der Waals surface area contributed by atoms with Crippen molar-refractivity contribution in [2.24, 2.45) is 0 Å². The summed E-state index contributed by atoms with van der Waals surface area (Å²) in [7, 11) is 0. The first-order valence-corrected chi connectivity index (χ1v) is 6.98. The van der Waals surface area contributed by atoms with E-state index < -0.39 is 10.7 Å². The van der Waals surface area contributed by atoms with E-state index in [1.165, 1.54) is 10.9 Å². The van der Waals surface area contributed by atoms with Crippen molar-refractivity contribution in [3.05, 3.63) is 43.7 Å². The summed E-state index contributed by atoms with van der Waals surface area (Å²) in [5.41, 5.74) is 0. The minimum atomic E-state index is -0.657. The number of rotatable bonds is 6. The lowest BCUT2D eigenvalue weighted by Gasteiger charge is -2.02. The molecule has 0 spiro atoms. The summed E-state index contributed by atoms with van der Waals surface area (Å²) >= 11 is 7.22. The van der Waals surface area contributed by atoms with Crippen molar-refractivity contribution in [3.8, 4) is 0 Å².